The minimum absolute atomic E-state index is 0.267. The van der Waals surface area contributed by atoms with Gasteiger partial charge in [-0.2, -0.15) is 5.10 Å². The lowest BCUT2D eigenvalue weighted by Crippen LogP contribution is -2.03. The van der Waals surface area contributed by atoms with Gasteiger partial charge in [-0.05, 0) is 35.4 Å². The molecule has 8 nitrogen and oxygen atoms in total. The van der Waals surface area contributed by atoms with E-state index in [-0.39, 0.29) is 6.79 Å². The standard InChI is InChI=1S/C21H18N6O2/c1-22-9-14-3-2-4-16(7-14)27-21-17(11-26-27)20(24-12-25-21)23-10-15-5-6-18-19(8-15)29-13-28-18/h2-9,11-12H,10,13H2,1H3,(H,23,24,25). The Kier molecular flexibility index (Phi) is 4.28. The van der Waals surface area contributed by atoms with Gasteiger partial charge in [0.25, 0.3) is 0 Å². The van der Waals surface area contributed by atoms with Crippen LogP contribution in [-0.2, 0) is 6.54 Å². The highest BCUT2D eigenvalue weighted by atomic mass is 16.7. The van der Waals surface area contributed by atoms with Crippen molar-refractivity contribution in [2.24, 2.45) is 4.99 Å². The number of aliphatic imine (C=N–C) groups is 1. The van der Waals surface area contributed by atoms with E-state index in [0.29, 0.717) is 6.54 Å². The largest absolute Gasteiger partial charge is 0.454 e. The molecule has 1 N–H and O–H groups in total. The number of nitrogens with one attached hydrogen (secondary N) is 1. The Hall–Kier alpha value is -3.94. The molecule has 4 aromatic rings. The van der Waals surface area contributed by atoms with Crippen LogP contribution >= 0.6 is 0 Å². The first-order valence-electron chi connectivity index (χ1n) is 9.15. The second-order valence-electron chi connectivity index (χ2n) is 6.54. The van der Waals surface area contributed by atoms with E-state index < -0.39 is 0 Å². The Morgan fingerprint density at radius 2 is 2.07 bits per heavy atom. The molecule has 0 unspecified atom stereocenters. The molecule has 0 radical (unpaired) electrons. The zero-order valence-electron chi connectivity index (χ0n) is 15.7. The number of hydrogen-bond acceptors (Lipinski definition) is 7. The fraction of sp³-hybridized carbons (Fsp3) is 0.143. The van der Waals surface area contributed by atoms with Gasteiger partial charge >= 0.3 is 0 Å². The number of fused-ring (bicyclic) bond motifs is 2. The summed E-state index contributed by atoms with van der Waals surface area (Å²) in [6, 6.07) is 13.9. The highest BCUT2D eigenvalue weighted by Crippen LogP contribution is 2.32. The lowest BCUT2D eigenvalue weighted by atomic mass is 10.2. The van der Waals surface area contributed by atoms with Crippen molar-refractivity contribution in [1.82, 2.24) is 19.7 Å². The minimum Gasteiger partial charge on any atom is -0.454 e. The van der Waals surface area contributed by atoms with Gasteiger partial charge in [0.1, 0.15) is 12.1 Å². The van der Waals surface area contributed by atoms with E-state index in [1.807, 2.05) is 48.7 Å². The predicted octanol–water partition coefficient (Wildman–Crippen LogP) is 3.21. The van der Waals surface area contributed by atoms with Crippen molar-refractivity contribution >= 4 is 23.1 Å². The van der Waals surface area contributed by atoms with Gasteiger partial charge in [0.05, 0.1) is 17.3 Å². The first-order valence-corrected chi connectivity index (χ1v) is 9.15. The average molecular weight is 386 g/mol. The van der Waals surface area contributed by atoms with Gasteiger partial charge < -0.3 is 14.8 Å². The van der Waals surface area contributed by atoms with Gasteiger partial charge in [-0.15, -0.1) is 0 Å². The summed E-state index contributed by atoms with van der Waals surface area (Å²) in [5, 5.41) is 8.74. The van der Waals surface area contributed by atoms with E-state index in [1.165, 1.54) is 0 Å². The predicted molar refractivity (Wildman–Crippen MR) is 110 cm³/mol. The molecule has 8 heteroatoms. The summed E-state index contributed by atoms with van der Waals surface area (Å²) in [5.74, 6) is 2.26. The van der Waals surface area contributed by atoms with Crippen molar-refractivity contribution in [2.45, 2.75) is 6.54 Å². The van der Waals surface area contributed by atoms with Crippen LogP contribution in [0.4, 0.5) is 5.82 Å². The summed E-state index contributed by atoms with van der Waals surface area (Å²) in [4.78, 5) is 12.9. The van der Waals surface area contributed by atoms with Gasteiger partial charge in [0.15, 0.2) is 17.1 Å². The van der Waals surface area contributed by atoms with Crippen molar-refractivity contribution < 1.29 is 9.47 Å². The molecular formula is C21H18N6O2. The van der Waals surface area contributed by atoms with E-state index >= 15 is 0 Å². The summed E-state index contributed by atoms with van der Waals surface area (Å²) >= 11 is 0. The molecule has 0 fully saturated rings. The van der Waals surface area contributed by atoms with Crippen LogP contribution in [0.2, 0.25) is 0 Å². The maximum absolute atomic E-state index is 5.44. The molecule has 2 aromatic carbocycles. The number of anilines is 1. The van der Waals surface area contributed by atoms with Crippen molar-refractivity contribution in [3.8, 4) is 17.2 Å². The fourth-order valence-electron chi connectivity index (χ4n) is 3.30. The monoisotopic (exact) mass is 386 g/mol. The molecule has 0 saturated heterocycles. The molecule has 0 amide bonds. The lowest BCUT2D eigenvalue weighted by Gasteiger charge is -2.08. The molecule has 5 rings (SSSR count). The zero-order chi connectivity index (χ0) is 19.6. The molecule has 0 bridgehead atoms. The Balaban J connectivity index is 1.43. The molecule has 0 aliphatic carbocycles. The van der Waals surface area contributed by atoms with Crippen LogP contribution in [0.5, 0.6) is 11.5 Å². The molecule has 29 heavy (non-hydrogen) atoms. The summed E-state index contributed by atoms with van der Waals surface area (Å²) in [6.45, 7) is 0.861. The highest BCUT2D eigenvalue weighted by molar-refractivity contribution is 5.87. The average Bonchev–Trinajstić information content (AvgIpc) is 3.39. The maximum atomic E-state index is 5.44. The van der Waals surface area contributed by atoms with E-state index in [2.05, 4.69) is 25.4 Å². The number of rotatable bonds is 5. The lowest BCUT2D eigenvalue weighted by molar-refractivity contribution is 0.174. The third-order valence-electron chi connectivity index (χ3n) is 4.66. The molecule has 1 aliphatic rings. The van der Waals surface area contributed by atoms with Gasteiger partial charge in [-0.1, -0.05) is 18.2 Å². The fourth-order valence-corrected chi connectivity index (χ4v) is 3.30. The summed E-state index contributed by atoms with van der Waals surface area (Å²) in [5.41, 5.74) is 3.72. The van der Waals surface area contributed by atoms with Gasteiger partial charge in [-0.3, -0.25) is 4.99 Å². The van der Waals surface area contributed by atoms with Crippen LogP contribution in [0.15, 0.2) is 60.0 Å². The first-order chi connectivity index (χ1) is 14.3. The van der Waals surface area contributed by atoms with Crippen LogP contribution in [0, 0.1) is 0 Å². The van der Waals surface area contributed by atoms with Crippen molar-refractivity contribution in [3.05, 3.63) is 66.1 Å². The molecular weight excluding hydrogens is 368 g/mol. The van der Waals surface area contributed by atoms with Gasteiger partial charge in [0.2, 0.25) is 6.79 Å². The molecule has 0 spiro atoms. The summed E-state index contributed by atoms with van der Waals surface area (Å²) in [7, 11) is 1.75. The van der Waals surface area contributed by atoms with E-state index in [4.69, 9.17) is 9.47 Å². The van der Waals surface area contributed by atoms with Crippen LogP contribution in [-0.4, -0.2) is 39.8 Å². The van der Waals surface area contributed by atoms with Crippen LogP contribution in [0.25, 0.3) is 16.7 Å². The number of nitrogens with zero attached hydrogens (tertiary/aromatic N) is 5. The van der Waals surface area contributed by atoms with Gasteiger partial charge in [-0.25, -0.2) is 14.6 Å². The third kappa shape index (κ3) is 3.25. The maximum Gasteiger partial charge on any atom is 0.231 e. The second kappa shape index (κ2) is 7.23. The van der Waals surface area contributed by atoms with E-state index in [9.17, 15) is 0 Å². The Morgan fingerprint density at radius 1 is 1.14 bits per heavy atom. The normalized spacial score (nSPS) is 12.7. The first kappa shape index (κ1) is 17.2. The Labute approximate surface area is 166 Å². The molecule has 2 aromatic heterocycles. The molecule has 0 saturated carbocycles. The smallest absolute Gasteiger partial charge is 0.231 e. The van der Waals surface area contributed by atoms with Crippen molar-refractivity contribution in [1.29, 1.82) is 0 Å². The summed E-state index contributed by atoms with van der Waals surface area (Å²) in [6.07, 6.45) is 5.13. The van der Waals surface area contributed by atoms with Crippen LogP contribution in [0.3, 0.4) is 0 Å². The Morgan fingerprint density at radius 3 is 3.00 bits per heavy atom. The quantitative estimate of drug-likeness (QED) is 0.530. The molecule has 3 heterocycles. The van der Waals surface area contributed by atoms with Crippen LogP contribution in [0.1, 0.15) is 11.1 Å². The highest BCUT2D eigenvalue weighted by Gasteiger charge is 2.14. The molecule has 0 atom stereocenters. The van der Waals surface area contributed by atoms with Crippen molar-refractivity contribution in [2.75, 3.05) is 19.2 Å². The number of benzene rings is 2. The summed E-state index contributed by atoms with van der Waals surface area (Å²) < 4.78 is 12.6. The van der Waals surface area contributed by atoms with E-state index in [1.54, 1.807) is 24.3 Å². The Bertz CT molecular complexity index is 1220. The van der Waals surface area contributed by atoms with Crippen molar-refractivity contribution in [3.63, 3.8) is 0 Å². The van der Waals surface area contributed by atoms with Gasteiger partial charge in [0, 0.05) is 19.8 Å². The SMILES string of the molecule is CN=Cc1cccc(-n2ncc3c(NCc4ccc5c(c4)OCO5)ncnc32)c1. The molecule has 144 valence electrons. The zero-order valence-corrected chi connectivity index (χ0v) is 15.7. The number of hydrogen-bond donors (Lipinski definition) is 1. The van der Waals surface area contributed by atoms with E-state index in [0.717, 1.165) is 45.2 Å². The molecule has 1 aliphatic heterocycles. The minimum atomic E-state index is 0.267. The third-order valence-corrected chi connectivity index (χ3v) is 4.66. The second-order valence-corrected chi connectivity index (χ2v) is 6.54. The number of aromatic nitrogens is 4. The topological polar surface area (TPSA) is 86.5 Å². The number of ether oxygens (including phenoxy) is 2. The van der Waals surface area contributed by atoms with Crippen LogP contribution < -0.4 is 14.8 Å².